The quantitative estimate of drug-likeness (QED) is 0.183. The Morgan fingerprint density at radius 1 is 0.471 bits per heavy atom. The van der Waals surface area contributed by atoms with Crippen molar-refractivity contribution >= 4 is 0 Å². The first-order valence-electron chi connectivity index (χ1n) is 13.0. The lowest BCUT2D eigenvalue weighted by molar-refractivity contribution is 0.00499. The second-order valence-corrected chi connectivity index (χ2v) is 8.36. The summed E-state index contributed by atoms with van der Waals surface area (Å²) in [4.78, 5) is 0. The van der Waals surface area contributed by atoms with Crippen molar-refractivity contribution in [3.05, 3.63) is 60.2 Å². The van der Waals surface area contributed by atoms with E-state index in [-0.39, 0.29) is 0 Å². The highest BCUT2D eigenvalue weighted by Crippen LogP contribution is 2.15. The van der Waals surface area contributed by atoms with Crippen LogP contribution in [0.1, 0.15) is 57.4 Å². The molecular weight excluding hydrogens is 428 g/mol. The Labute approximate surface area is 206 Å². The molecule has 0 radical (unpaired) electrons. The lowest BCUT2D eigenvalue weighted by atomic mass is 10.0. The molecule has 0 spiro atoms. The van der Waals surface area contributed by atoms with E-state index in [0.717, 1.165) is 17.9 Å². The third kappa shape index (κ3) is 14.9. The van der Waals surface area contributed by atoms with Crippen LogP contribution < -0.4 is 9.47 Å². The average Bonchev–Trinajstić information content (AvgIpc) is 2.87. The van der Waals surface area contributed by atoms with Crippen LogP contribution in [0.5, 0.6) is 11.5 Å². The summed E-state index contributed by atoms with van der Waals surface area (Å²) in [6.45, 7) is 6.65. The Hall–Kier alpha value is -2.08. The molecule has 0 aliphatic heterocycles. The topological polar surface area (TPSA) is 46.2 Å². The fourth-order valence-electron chi connectivity index (χ4n) is 3.53. The van der Waals surface area contributed by atoms with Crippen molar-refractivity contribution in [1.29, 1.82) is 0 Å². The molecule has 0 bridgehead atoms. The number of benzene rings is 2. The summed E-state index contributed by atoms with van der Waals surface area (Å²) in [7, 11) is 0. The first kappa shape index (κ1) is 28.2. The Bertz CT molecular complexity index is 689. The standard InChI is InChI=1S/C29H44O5/c1-2-3-4-5-6-7-9-12-27-15-17-29(18-16-27)34-26-24-32-22-20-30-19-21-31-23-25-33-28-13-10-8-11-14-28/h8,10-11,13-18H,2-7,9,12,19-26H2,1H3. The van der Waals surface area contributed by atoms with Crippen LogP contribution in [0.2, 0.25) is 0 Å². The van der Waals surface area contributed by atoms with Gasteiger partial charge in [-0.1, -0.05) is 75.8 Å². The molecule has 34 heavy (non-hydrogen) atoms. The molecule has 0 saturated heterocycles. The lowest BCUT2D eigenvalue weighted by Crippen LogP contribution is -2.14. The van der Waals surface area contributed by atoms with E-state index in [1.165, 1.54) is 50.5 Å². The molecule has 0 fully saturated rings. The van der Waals surface area contributed by atoms with E-state index in [0.29, 0.717) is 52.9 Å². The summed E-state index contributed by atoms with van der Waals surface area (Å²) in [6.07, 6.45) is 10.6. The largest absolute Gasteiger partial charge is 0.491 e. The van der Waals surface area contributed by atoms with Crippen LogP contribution in [0.25, 0.3) is 0 Å². The summed E-state index contributed by atoms with van der Waals surface area (Å²) < 4.78 is 27.9. The van der Waals surface area contributed by atoms with Crippen molar-refractivity contribution in [2.45, 2.75) is 58.3 Å². The third-order valence-electron chi connectivity index (χ3n) is 5.47. The number of rotatable bonds is 22. The molecule has 190 valence electrons. The van der Waals surface area contributed by atoms with Gasteiger partial charge in [0, 0.05) is 0 Å². The molecular formula is C29H44O5. The van der Waals surface area contributed by atoms with Gasteiger partial charge in [-0.2, -0.15) is 0 Å². The Balaban J connectivity index is 1.33. The molecule has 5 nitrogen and oxygen atoms in total. The van der Waals surface area contributed by atoms with Gasteiger partial charge in [-0.3, -0.25) is 0 Å². The molecule has 0 aliphatic carbocycles. The molecule has 0 heterocycles. The first-order valence-corrected chi connectivity index (χ1v) is 13.0. The second-order valence-electron chi connectivity index (χ2n) is 8.36. The monoisotopic (exact) mass is 472 g/mol. The van der Waals surface area contributed by atoms with E-state index >= 15 is 0 Å². The van der Waals surface area contributed by atoms with Crippen LogP contribution in [0.15, 0.2) is 54.6 Å². The number of hydrogen-bond donors (Lipinski definition) is 0. The number of hydrogen-bond acceptors (Lipinski definition) is 5. The Morgan fingerprint density at radius 2 is 0.941 bits per heavy atom. The summed E-state index contributed by atoms with van der Waals surface area (Å²) in [6, 6.07) is 18.2. The summed E-state index contributed by atoms with van der Waals surface area (Å²) in [5, 5.41) is 0. The smallest absolute Gasteiger partial charge is 0.119 e. The van der Waals surface area contributed by atoms with Gasteiger partial charge in [-0.25, -0.2) is 0 Å². The van der Waals surface area contributed by atoms with Crippen LogP contribution in [0.4, 0.5) is 0 Å². The molecule has 0 atom stereocenters. The van der Waals surface area contributed by atoms with Gasteiger partial charge >= 0.3 is 0 Å². The van der Waals surface area contributed by atoms with Crippen LogP contribution >= 0.6 is 0 Å². The first-order chi connectivity index (χ1) is 16.9. The van der Waals surface area contributed by atoms with Crippen molar-refractivity contribution in [2.24, 2.45) is 0 Å². The summed E-state index contributed by atoms with van der Waals surface area (Å²) >= 11 is 0. The predicted molar refractivity (Wildman–Crippen MR) is 138 cm³/mol. The van der Waals surface area contributed by atoms with Crippen molar-refractivity contribution < 1.29 is 23.7 Å². The van der Waals surface area contributed by atoms with Crippen LogP contribution in [-0.4, -0.2) is 52.9 Å². The maximum Gasteiger partial charge on any atom is 0.119 e. The molecule has 0 aliphatic rings. The second kappa shape index (κ2) is 20.3. The average molecular weight is 473 g/mol. The Morgan fingerprint density at radius 3 is 1.50 bits per heavy atom. The number of ether oxygens (including phenoxy) is 5. The molecule has 0 amide bonds. The van der Waals surface area contributed by atoms with E-state index in [9.17, 15) is 0 Å². The van der Waals surface area contributed by atoms with Gasteiger partial charge in [0.2, 0.25) is 0 Å². The molecule has 0 unspecified atom stereocenters. The predicted octanol–water partition coefficient (Wildman–Crippen LogP) is 6.49. The Kier molecular flexibility index (Phi) is 16.8. The molecule has 2 rings (SSSR count). The minimum Gasteiger partial charge on any atom is -0.491 e. The third-order valence-corrected chi connectivity index (χ3v) is 5.47. The van der Waals surface area contributed by atoms with Gasteiger partial charge in [0.25, 0.3) is 0 Å². The fourth-order valence-corrected chi connectivity index (χ4v) is 3.53. The highest BCUT2D eigenvalue weighted by molar-refractivity contribution is 5.27. The van der Waals surface area contributed by atoms with Gasteiger partial charge in [0.1, 0.15) is 24.7 Å². The molecule has 2 aromatic rings. The van der Waals surface area contributed by atoms with E-state index in [4.69, 9.17) is 23.7 Å². The SMILES string of the molecule is CCCCCCCCCc1ccc(OCCOCCOCCOCCOc2ccccc2)cc1. The van der Waals surface area contributed by atoms with Gasteiger partial charge in [0.15, 0.2) is 0 Å². The lowest BCUT2D eigenvalue weighted by Gasteiger charge is -2.09. The highest BCUT2D eigenvalue weighted by atomic mass is 16.6. The van der Waals surface area contributed by atoms with E-state index in [1.807, 2.05) is 30.3 Å². The van der Waals surface area contributed by atoms with E-state index in [2.05, 4.69) is 31.2 Å². The normalized spacial score (nSPS) is 11.0. The van der Waals surface area contributed by atoms with E-state index in [1.54, 1.807) is 0 Å². The van der Waals surface area contributed by atoms with Gasteiger partial charge in [0.05, 0.1) is 39.6 Å². The van der Waals surface area contributed by atoms with E-state index < -0.39 is 0 Å². The van der Waals surface area contributed by atoms with Crippen LogP contribution in [-0.2, 0) is 20.6 Å². The minimum absolute atomic E-state index is 0.537. The number of aryl methyl sites for hydroxylation is 1. The van der Waals surface area contributed by atoms with Crippen molar-refractivity contribution in [3.63, 3.8) is 0 Å². The van der Waals surface area contributed by atoms with Gasteiger partial charge < -0.3 is 23.7 Å². The van der Waals surface area contributed by atoms with Gasteiger partial charge in [-0.15, -0.1) is 0 Å². The maximum atomic E-state index is 5.76. The maximum absolute atomic E-state index is 5.76. The van der Waals surface area contributed by atoms with Crippen LogP contribution in [0, 0.1) is 0 Å². The van der Waals surface area contributed by atoms with Crippen molar-refractivity contribution in [3.8, 4) is 11.5 Å². The molecule has 2 aromatic carbocycles. The highest BCUT2D eigenvalue weighted by Gasteiger charge is 1.98. The fraction of sp³-hybridized carbons (Fsp3) is 0.586. The minimum atomic E-state index is 0.537. The molecule has 5 heteroatoms. The summed E-state index contributed by atoms with van der Waals surface area (Å²) in [5.41, 5.74) is 1.39. The zero-order chi connectivity index (χ0) is 23.9. The molecule has 0 N–H and O–H groups in total. The van der Waals surface area contributed by atoms with Crippen molar-refractivity contribution in [2.75, 3.05) is 52.9 Å². The zero-order valence-electron chi connectivity index (χ0n) is 21.1. The zero-order valence-corrected chi connectivity index (χ0v) is 21.1. The summed E-state index contributed by atoms with van der Waals surface area (Å²) in [5.74, 6) is 1.76. The van der Waals surface area contributed by atoms with Crippen molar-refractivity contribution in [1.82, 2.24) is 0 Å². The molecule has 0 aromatic heterocycles. The van der Waals surface area contributed by atoms with Gasteiger partial charge in [-0.05, 0) is 42.7 Å². The number of unbranched alkanes of at least 4 members (excludes halogenated alkanes) is 6. The van der Waals surface area contributed by atoms with Crippen LogP contribution in [0.3, 0.4) is 0 Å². The number of para-hydroxylation sites is 1. The molecule has 0 saturated carbocycles.